The number of hydrogen-bond acceptors (Lipinski definition) is 0. The average molecular weight is 411 g/mol. The van der Waals surface area contributed by atoms with Crippen LogP contribution in [0.4, 0.5) is 0 Å². The van der Waals surface area contributed by atoms with Crippen molar-refractivity contribution in [3.05, 3.63) is 78.0 Å². The van der Waals surface area contributed by atoms with Gasteiger partial charge in [-0.3, -0.25) is 0 Å². The van der Waals surface area contributed by atoms with E-state index in [1.54, 1.807) is 5.56 Å². The van der Waals surface area contributed by atoms with Crippen molar-refractivity contribution >= 4 is 0 Å². The molecule has 1 nitrogen and oxygen atoms in total. The van der Waals surface area contributed by atoms with E-state index in [0.717, 1.165) is 17.8 Å². The van der Waals surface area contributed by atoms with E-state index in [2.05, 4.69) is 85.4 Å². The van der Waals surface area contributed by atoms with Crippen LogP contribution in [0.2, 0.25) is 0 Å². The van der Waals surface area contributed by atoms with Gasteiger partial charge < -0.3 is 0 Å². The minimum absolute atomic E-state index is 0.768. The molecular formula is C30H36N+. The lowest BCUT2D eigenvalue weighted by Crippen LogP contribution is -2.30. The predicted molar refractivity (Wildman–Crippen MR) is 130 cm³/mol. The van der Waals surface area contributed by atoms with Crippen LogP contribution >= 0.6 is 0 Å². The number of aryl methyl sites for hydroxylation is 2. The van der Waals surface area contributed by atoms with Crippen LogP contribution in [0.5, 0.6) is 0 Å². The lowest BCUT2D eigenvalue weighted by atomic mass is 9.71. The molecule has 1 aromatic heterocycles. The van der Waals surface area contributed by atoms with E-state index in [0.29, 0.717) is 0 Å². The quantitative estimate of drug-likeness (QED) is 0.391. The second-order valence-corrected chi connectivity index (χ2v) is 10.1. The van der Waals surface area contributed by atoms with Crippen molar-refractivity contribution in [2.75, 3.05) is 0 Å². The van der Waals surface area contributed by atoms with Crippen LogP contribution in [-0.4, -0.2) is 0 Å². The van der Waals surface area contributed by atoms with Gasteiger partial charge in [0, 0.05) is 17.2 Å². The summed E-state index contributed by atoms with van der Waals surface area (Å²) in [6.07, 6.45) is 13.9. The Morgan fingerprint density at radius 3 is 1.94 bits per heavy atom. The van der Waals surface area contributed by atoms with E-state index >= 15 is 0 Å². The Morgan fingerprint density at radius 1 is 0.710 bits per heavy atom. The Labute approximate surface area is 188 Å². The maximum Gasteiger partial charge on any atom is 0.212 e. The number of pyridine rings is 1. The summed E-state index contributed by atoms with van der Waals surface area (Å²) in [7, 11) is 2.16. The van der Waals surface area contributed by atoms with Crippen LogP contribution in [-0.2, 0) is 7.05 Å². The van der Waals surface area contributed by atoms with E-state index in [-0.39, 0.29) is 0 Å². The van der Waals surface area contributed by atoms with Crippen LogP contribution in [0.3, 0.4) is 0 Å². The summed E-state index contributed by atoms with van der Waals surface area (Å²) < 4.78 is 2.27. The van der Waals surface area contributed by atoms with Gasteiger partial charge in [0.2, 0.25) is 5.69 Å². The first-order chi connectivity index (χ1) is 15.2. The summed E-state index contributed by atoms with van der Waals surface area (Å²) >= 11 is 0. The van der Waals surface area contributed by atoms with Gasteiger partial charge in [-0.2, -0.15) is 0 Å². The highest BCUT2D eigenvalue weighted by atomic mass is 14.9. The van der Waals surface area contributed by atoms with Gasteiger partial charge >= 0.3 is 0 Å². The zero-order chi connectivity index (χ0) is 21.2. The molecule has 0 aliphatic heterocycles. The fraction of sp³-hybridized carbons (Fsp3) is 0.433. The van der Waals surface area contributed by atoms with Crippen LogP contribution in [0.1, 0.15) is 68.4 Å². The second-order valence-electron chi connectivity index (χ2n) is 10.1. The fourth-order valence-electron chi connectivity index (χ4n) is 6.19. The van der Waals surface area contributed by atoms with E-state index in [4.69, 9.17) is 0 Å². The van der Waals surface area contributed by atoms with Crippen molar-refractivity contribution in [2.45, 2.75) is 64.2 Å². The second kappa shape index (κ2) is 8.99. The molecule has 0 saturated heterocycles. The Morgan fingerprint density at radius 2 is 1.32 bits per heavy atom. The summed E-state index contributed by atoms with van der Waals surface area (Å²) in [6.45, 7) is 2.19. The Balaban J connectivity index is 1.37. The monoisotopic (exact) mass is 410 g/mol. The van der Waals surface area contributed by atoms with Crippen molar-refractivity contribution in [2.24, 2.45) is 18.9 Å². The largest absolute Gasteiger partial charge is 0.212 e. The lowest BCUT2D eigenvalue weighted by Gasteiger charge is -2.34. The van der Waals surface area contributed by atoms with Crippen molar-refractivity contribution in [1.29, 1.82) is 0 Å². The number of hydrogen-bond donors (Lipinski definition) is 0. The SMILES string of the molecule is Cc1ccccc1-c1ccc(-c2ccc(C3CC4CCCC(CCC4)C3)cc2)c[n+]1C. The first-order valence-electron chi connectivity index (χ1n) is 12.3. The third-order valence-corrected chi connectivity index (χ3v) is 7.96. The van der Waals surface area contributed by atoms with Gasteiger partial charge in [0.15, 0.2) is 6.20 Å². The summed E-state index contributed by atoms with van der Waals surface area (Å²) in [5, 5.41) is 0. The Bertz CT molecular complexity index is 1010. The topological polar surface area (TPSA) is 3.88 Å². The minimum Gasteiger partial charge on any atom is -0.200 e. The molecule has 3 saturated carbocycles. The molecule has 3 aromatic rings. The van der Waals surface area contributed by atoms with Gasteiger partial charge in [0.1, 0.15) is 7.05 Å². The molecule has 0 radical (unpaired) electrons. The summed E-state index contributed by atoms with van der Waals surface area (Å²) in [4.78, 5) is 0. The summed E-state index contributed by atoms with van der Waals surface area (Å²) in [5.74, 6) is 2.68. The molecule has 2 bridgehead atoms. The van der Waals surface area contributed by atoms with Gasteiger partial charge in [-0.25, -0.2) is 4.57 Å². The van der Waals surface area contributed by atoms with Crippen LogP contribution in [0.15, 0.2) is 66.9 Å². The van der Waals surface area contributed by atoms with E-state index in [1.165, 1.54) is 79.3 Å². The first-order valence-corrected chi connectivity index (χ1v) is 12.3. The standard InChI is InChI=1S/C30H36N/c1-22-7-3-4-12-29(22)30-18-17-27(21-31(30)2)25-13-15-26(16-14-25)28-19-23-8-5-9-24(20-28)11-6-10-23/h3-4,7,12-18,21,23-24,28H,5-6,8-11,19-20H2,1-2H3/q+1. The molecule has 3 aliphatic rings. The highest BCUT2D eigenvalue weighted by Crippen LogP contribution is 2.42. The Hall–Kier alpha value is -2.41. The average Bonchev–Trinajstić information content (AvgIpc) is 2.73. The van der Waals surface area contributed by atoms with Gasteiger partial charge in [0.25, 0.3) is 0 Å². The lowest BCUT2D eigenvalue weighted by molar-refractivity contribution is -0.659. The van der Waals surface area contributed by atoms with Crippen LogP contribution in [0.25, 0.3) is 22.4 Å². The van der Waals surface area contributed by atoms with Crippen molar-refractivity contribution < 1.29 is 4.57 Å². The molecule has 2 aromatic carbocycles. The normalized spacial score (nSPS) is 23.7. The van der Waals surface area contributed by atoms with Crippen LogP contribution < -0.4 is 4.57 Å². The molecule has 6 rings (SSSR count). The van der Waals surface area contributed by atoms with Gasteiger partial charge in [-0.15, -0.1) is 0 Å². The molecule has 1 heteroatoms. The van der Waals surface area contributed by atoms with Crippen molar-refractivity contribution in [1.82, 2.24) is 0 Å². The molecule has 1 heterocycles. The van der Waals surface area contributed by atoms with Gasteiger partial charge in [-0.1, -0.05) is 81.0 Å². The maximum absolute atomic E-state index is 2.42. The number of aromatic nitrogens is 1. The third-order valence-electron chi connectivity index (χ3n) is 7.96. The molecule has 0 unspecified atom stereocenters. The molecule has 3 aliphatic carbocycles. The highest BCUT2D eigenvalue weighted by molar-refractivity contribution is 5.66. The van der Waals surface area contributed by atoms with E-state index in [1.807, 2.05) is 0 Å². The maximum atomic E-state index is 2.42. The smallest absolute Gasteiger partial charge is 0.200 e. The molecular weight excluding hydrogens is 374 g/mol. The molecule has 31 heavy (non-hydrogen) atoms. The van der Waals surface area contributed by atoms with Gasteiger partial charge in [-0.05, 0) is 66.3 Å². The third kappa shape index (κ3) is 4.47. The molecule has 0 N–H and O–H groups in total. The number of nitrogens with zero attached hydrogens (tertiary/aromatic N) is 1. The van der Waals surface area contributed by atoms with Gasteiger partial charge in [0.05, 0.1) is 0 Å². The summed E-state index contributed by atoms with van der Waals surface area (Å²) in [5.41, 5.74) is 8.08. The Kier molecular flexibility index (Phi) is 5.94. The molecule has 0 amide bonds. The molecule has 0 spiro atoms. The molecule has 160 valence electrons. The van der Waals surface area contributed by atoms with E-state index in [9.17, 15) is 0 Å². The van der Waals surface area contributed by atoms with Crippen molar-refractivity contribution in [3.8, 4) is 22.4 Å². The summed E-state index contributed by atoms with van der Waals surface area (Å²) in [6, 6.07) is 22.7. The first kappa shape index (κ1) is 20.5. The fourth-order valence-corrected chi connectivity index (χ4v) is 6.19. The zero-order valence-electron chi connectivity index (χ0n) is 19.2. The van der Waals surface area contributed by atoms with E-state index < -0.39 is 0 Å². The zero-order valence-corrected chi connectivity index (χ0v) is 19.2. The number of benzene rings is 2. The number of fused-ring (bicyclic) bond motifs is 6. The molecule has 3 fully saturated rings. The van der Waals surface area contributed by atoms with Crippen molar-refractivity contribution in [3.63, 3.8) is 0 Å². The van der Waals surface area contributed by atoms with Crippen LogP contribution in [0, 0.1) is 18.8 Å². The number of rotatable bonds is 3. The minimum atomic E-state index is 0.768. The predicted octanol–water partition coefficient (Wildman–Crippen LogP) is 7.62. The highest BCUT2D eigenvalue weighted by Gasteiger charge is 2.27. The molecule has 0 atom stereocenters.